The van der Waals surface area contributed by atoms with Crippen LogP contribution in [0.1, 0.15) is 22.3 Å². The Morgan fingerprint density at radius 3 is 1.39 bits per heavy atom. The van der Waals surface area contributed by atoms with Gasteiger partial charge >= 0.3 is 7.12 Å². The lowest BCUT2D eigenvalue weighted by Crippen LogP contribution is -2.33. The molecule has 4 heteroatoms. The lowest BCUT2D eigenvalue weighted by atomic mass is 9.66. The first-order valence-corrected chi connectivity index (χ1v) is 14.1. The average Bonchev–Trinajstić information content (AvgIpc) is 3.31. The Morgan fingerprint density at radius 1 is 0.463 bits per heavy atom. The second kappa shape index (κ2) is 10.2. The van der Waals surface area contributed by atoms with E-state index in [1.165, 1.54) is 0 Å². The van der Waals surface area contributed by atoms with Crippen LogP contribution in [0.5, 0.6) is 0 Å². The molecule has 7 rings (SSSR count). The normalized spacial score (nSPS) is 13.0. The Balaban J connectivity index is 1.51. The molecule has 0 heterocycles. The molecule has 41 heavy (non-hydrogen) atoms. The molecule has 0 saturated carbocycles. The summed E-state index contributed by atoms with van der Waals surface area (Å²) in [6.45, 7) is 0. The average molecular weight is 549 g/mol. The molecule has 2 N–H and O–H groups in total. The van der Waals surface area contributed by atoms with Gasteiger partial charge in [-0.05, 0) is 73.2 Å². The predicted octanol–water partition coefficient (Wildman–Crippen LogP) is 7.72. The Hall–Kier alpha value is -4.41. The molecule has 0 unspecified atom stereocenters. The van der Waals surface area contributed by atoms with Gasteiger partial charge in [-0.25, -0.2) is 0 Å². The third-order valence-corrected chi connectivity index (χ3v) is 8.51. The van der Waals surface area contributed by atoms with Gasteiger partial charge in [0.2, 0.25) is 0 Å². The van der Waals surface area contributed by atoms with Crippen LogP contribution in [-0.2, 0) is 5.41 Å². The van der Waals surface area contributed by atoms with E-state index in [2.05, 4.69) is 84.9 Å². The highest BCUT2D eigenvalue weighted by Crippen LogP contribution is 2.56. The molecule has 0 aromatic heterocycles. The van der Waals surface area contributed by atoms with Crippen molar-refractivity contribution < 1.29 is 10.0 Å². The van der Waals surface area contributed by atoms with E-state index in [9.17, 15) is 10.0 Å². The monoisotopic (exact) mass is 548 g/mol. The lowest BCUT2D eigenvalue weighted by Gasteiger charge is -2.34. The predicted molar refractivity (Wildman–Crippen MR) is 169 cm³/mol. The van der Waals surface area contributed by atoms with Crippen molar-refractivity contribution in [3.05, 3.63) is 173 Å². The summed E-state index contributed by atoms with van der Waals surface area (Å²) in [7, 11) is -1.58. The summed E-state index contributed by atoms with van der Waals surface area (Å²) < 4.78 is 0. The van der Waals surface area contributed by atoms with E-state index in [1.54, 1.807) is 6.07 Å². The molecule has 0 fully saturated rings. The zero-order chi connectivity index (χ0) is 28.0. The molecule has 6 aromatic rings. The maximum absolute atomic E-state index is 10.2. The van der Waals surface area contributed by atoms with Gasteiger partial charge < -0.3 is 10.0 Å². The van der Waals surface area contributed by atoms with E-state index in [0.29, 0.717) is 10.5 Å². The van der Waals surface area contributed by atoms with Crippen molar-refractivity contribution in [3.8, 4) is 33.4 Å². The second-order valence-electron chi connectivity index (χ2n) is 10.5. The second-order valence-corrected chi connectivity index (χ2v) is 10.9. The highest BCUT2D eigenvalue weighted by molar-refractivity contribution is 6.58. The highest BCUT2D eigenvalue weighted by Gasteiger charge is 2.46. The van der Waals surface area contributed by atoms with Crippen LogP contribution in [0.25, 0.3) is 33.4 Å². The maximum Gasteiger partial charge on any atom is 0.488 e. The molecule has 0 radical (unpaired) electrons. The van der Waals surface area contributed by atoms with E-state index in [4.69, 9.17) is 11.6 Å². The molecule has 1 aliphatic carbocycles. The molecule has 0 aliphatic heterocycles. The van der Waals surface area contributed by atoms with Crippen molar-refractivity contribution in [2.45, 2.75) is 5.41 Å². The van der Waals surface area contributed by atoms with Crippen LogP contribution in [0.3, 0.4) is 0 Å². The Bertz CT molecular complexity index is 1770. The first kappa shape index (κ1) is 25.6. The van der Waals surface area contributed by atoms with Crippen LogP contribution >= 0.6 is 11.6 Å². The Labute approximate surface area is 245 Å². The van der Waals surface area contributed by atoms with Crippen LogP contribution in [0.15, 0.2) is 146 Å². The quantitative estimate of drug-likeness (QED) is 0.216. The van der Waals surface area contributed by atoms with Crippen molar-refractivity contribution in [3.63, 3.8) is 0 Å². The summed E-state index contributed by atoms with van der Waals surface area (Å²) in [5.41, 5.74) is 10.7. The molecule has 0 saturated heterocycles. The first-order valence-electron chi connectivity index (χ1n) is 13.7. The molecule has 6 aromatic carbocycles. The molecule has 0 bridgehead atoms. The zero-order valence-corrected chi connectivity index (χ0v) is 23.0. The van der Waals surface area contributed by atoms with Gasteiger partial charge in [-0.2, -0.15) is 0 Å². The first-order chi connectivity index (χ1) is 20.1. The van der Waals surface area contributed by atoms with Gasteiger partial charge in [0.1, 0.15) is 0 Å². The zero-order valence-electron chi connectivity index (χ0n) is 22.2. The topological polar surface area (TPSA) is 40.5 Å². The third-order valence-electron chi connectivity index (χ3n) is 8.27. The smallest absolute Gasteiger partial charge is 0.423 e. The van der Waals surface area contributed by atoms with Gasteiger partial charge in [-0.1, -0.05) is 145 Å². The number of halogens is 1. The number of benzene rings is 6. The van der Waals surface area contributed by atoms with Crippen molar-refractivity contribution in [2.24, 2.45) is 0 Å². The lowest BCUT2D eigenvalue weighted by molar-refractivity contribution is 0.425. The molecule has 0 atom stereocenters. The van der Waals surface area contributed by atoms with Crippen LogP contribution in [0.4, 0.5) is 0 Å². The summed E-state index contributed by atoms with van der Waals surface area (Å²) in [4.78, 5) is 0. The molecular formula is C37H26BClO2. The van der Waals surface area contributed by atoms with E-state index in [0.717, 1.165) is 55.6 Å². The Kier molecular flexibility index (Phi) is 6.36. The minimum absolute atomic E-state index is 0.453. The number of fused-ring (bicyclic) bond motifs is 3. The van der Waals surface area contributed by atoms with Crippen molar-refractivity contribution in [1.82, 2.24) is 0 Å². The highest BCUT2D eigenvalue weighted by atomic mass is 35.5. The summed E-state index contributed by atoms with van der Waals surface area (Å²) in [5.74, 6) is 0. The van der Waals surface area contributed by atoms with Gasteiger partial charge in [-0.3, -0.25) is 0 Å². The molecule has 0 amide bonds. The van der Waals surface area contributed by atoms with Crippen molar-refractivity contribution in [1.29, 1.82) is 0 Å². The number of hydrogen-bond donors (Lipinski definition) is 2. The number of hydrogen-bond acceptors (Lipinski definition) is 2. The standard InChI is InChI=1S/C37H26BClO2/c39-32-20-22-34-33-21-19-31(38(40)41)23-35(33)37(36(34)24-32,29-15-11-27(12-16-29)25-7-3-1-4-8-25)30-17-13-28(14-18-30)26-9-5-2-6-10-26/h1-24,40-41H. The SMILES string of the molecule is OB(O)c1ccc2c(c1)C(c1ccc(-c3ccccc3)cc1)(c1ccc(-c3ccccc3)cc1)c1cc(Cl)ccc1-2. The number of rotatable bonds is 5. The van der Waals surface area contributed by atoms with E-state index >= 15 is 0 Å². The van der Waals surface area contributed by atoms with Gasteiger partial charge in [0.05, 0.1) is 5.41 Å². The molecule has 196 valence electrons. The minimum Gasteiger partial charge on any atom is -0.423 e. The van der Waals surface area contributed by atoms with Gasteiger partial charge in [0.15, 0.2) is 0 Å². The van der Waals surface area contributed by atoms with E-state index < -0.39 is 12.5 Å². The Morgan fingerprint density at radius 2 is 0.902 bits per heavy atom. The molecular weight excluding hydrogens is 523 g/mol. The summed E-state index contributed by atoms with van der Waals surface area (Å²) in [5, 5.41) is 21.0. The van der Waals surface area contributed by atoms with Gasteiger partial charge in [0, 0.05) is 5.02 Å². The fourth-order valence-electron chi connectivity index (χ4n) is 6.35. The minimum atomic E-state index is -1.58. The summed E-state index contributed by atoms with van der Waals surface area (Å²) >= 11 is 6.68. The largest absolute Gasteiger partial charge is 0.488 e. The van der Waals surface area contributed by atoms with Gasteiger partial charge in [-0.15, -0.1) is 0 Å². The van der Waals surface area contributed by atoms with Crippen LogP contribution in [-0.4, -0.2) is 17.2 Å². The van der Waals surface area contributed by atoms with E-state index in [1.807, 2.05) is 54.6 Å². The maximum atomic E-state index is 10.2. The molecule has 0 spiro atoms. The van der Waals surface area contributed by atoms with Gasteiger partial charge in [0.25, 0.3) is 0 Å². The fraction of sp³-hybridized carbons (Fsp3) is 0.0270. The van der Waals surface area contributed by atoms with Crippen LogP contribution < -0.4 is 5.46 Å². The van der Waals surface area contributed by atoms with Crippen LogP contribution in [0.2, 0.25) is 5.02 Å². The fourth-order valence-corrected chi connectivity index (χ4v) is 6.52. The molecule has 1 aliphatic rings. The van der Waals surface area contributed by atoms with Crippen molar-refractivity contribution >= 4 is 24.2 Å². The third kappa shape index (κ3) is 4.22. The van der Waals surface area contributed by atoms with Crippen molar-refractivity contribution in [2.75, 3.05) is 0 Å². The summed E-state index contributed by atoms with van der Waals surface area (Å²) in [6.07, 6.45) is 0. The van der Waals surface area contributed by atoms with E-state index in [-0.39, 0.29) is 0 Å². The van der Waals surface area contributed by atoms with Crippen LogP contribution in [0, 0.1) is 0 Å². The summed E-state index contributed by atoms with van der Waals surface area (Å²) in [6, 6.07) is 49.9. The molecule has 2 nitrogen and oxygen atoms in total.